The van der Waals surface area contributed by atoms with Gasteiger partial charge in [-0.25, -0.2) is 0 Å². The lowest BCUT2D eigenvalue weighted by Gasteiger charge is -2.33. The Labute approximate surface area is 71.1 Å². The van der Waals surface area contributed by atoms with Crippen molar-refractivity contribution >= 4 is 7.26 Å². The zero-order valence-corrected chi connectivity index (χ0v) is 8.41. The average Bonchev–Trinajstić information content (AvgIpc) is 2.07. The summed E-state index contributed by atoms with van der Waals surface area (Å²) in [5, 5.41) is 0. The van der Waals surface area contributed by atoms with Crippen molar-refractivity contribution in [3.63, 3.8) is 0 Å². The molecular weight excluding hydrogens is 151 g/mol. The van der Waals surface area contributed by atoms with Crippen LogP contribution in [-0.2, 0) is 0 Å². The number of rotatable bonds is 0. The minimum Gasteiger partial charge on any atom is -0.0464 e. The fraction of sp³-hybridized carbons (Fsp3) is 1.00. The fourth-order valence-electron chi connectivity index (χ4n) is 2.81. The third-order valence-electron chi connectivity index (χ3n) is 3.53. The Hall–Kier alpha value is 0.430. The Bertz CT molecular complexity index is 99.3. The van der Waals surface area contributed by atoms with Gasteiger partial charge in [-0.3, -0.25) is 0 Å². The molecule has 2 aliphatic rings. The summed E-state index contributed by atoms with van der Waals surface area (Å²) >= 11 is 0. The Kier molecular flexibility index (Phi) is 2.51. The topological polar surface area (TPSA) is 0 Å². The lowest BCUT2D eigenvalue weighted by molar-refractivity contribution is 0.694. The highest BCUT2D eigenvalue weighted by Crippen LogP contribution is 2.64. The molecule has 1 heteroatoms. The predicted octanol–water partition coefficient (Wildman–Crippen LogP) is 3.37. The maximum Gasteiger partial charge on any atom is 0.0594 e. The van der Waals surface area contributed by atoms with Crippen molar-refractivity contribution in [3.05, 3.63) is 0 Å². The molecule has 0 aromatic rings. The molecule has 0 unspecified atom stereocenters. The summed E-state index contributed by atoms with van der Waals surface area (Å²) in [6.45, 7) is 0. The van der Waals surface area contributed by atoms with Gasteiger partial charge in [-0.1, -0.05) is 0 Å². The van der Waals surface area contributed by atoms with Gasteiger partial charge in [0.1, 0.15) is 0 Å². The predicted molar refractivity (Wildman–Crippen MR) is 54.1 cm³/mol. The van der Waals surface area contributed by atoms with Crippen molar-refractivity contribution < 1.29 is 0 Å². The van der Waals surface area contributed by atoms with Gasteiger partial charge in [0.2, 0.25) is 0 Å². The summed E-state index contributed by atoms with van der Waals surface area (Å²) < 4.78 is 0. The number of hydrogen-bond donors (Lipinski definition) is 0. The van der Waals surface area contributed by atoms with Crippen LogP contribution in [0.3, 0.4) is 0 Å². The molecule has 0 atom stereocenters. The van der Waals surface area contributed by atoms with E-state index in [0.717, 1.165) is 0 Å². The third kappa shape index (κ3) is 1.78. The zero-order chi connectivity index (χ0) is 7.57. The largest absolute Gasteiger partial charge is 0.0594 e. The molecule has 1 spiro atoms. The van der Waals surface area contributed by atoms with Crippen LogP contribution in [-0.4, -0.2) is 24.6 Å². The Morgan fingerprint density at radius 2 is 0.818 bits per heavy atom. The Balaban J connectivity index is 1.94. The molecule has 11 heavy (non-hydrogen) atoms. The van der Waals surface area contributed by atoms with E-state index < -0.39 is 0 Å². The molecular formula is C10H20P+. The first kappa shape index (κ1) is 8.05. The van der Waals surface area contributed by atoms with E-state index in [1.807, 2.05) is 0 Å². The maximum absolute atomic E-state index is 1.67. The smallest absolute Gasteiger partial charge is 0.0464 e. The van der Waals surface area contributed by atoms with Crippen LogP contribution in [0.1, 0.15) is 38.5 Å². The van der Waals surface area contributed by atoms with Crippen molar-refractivity contribution in [2.24, 2.45) is 0 Å². The quantitative estimate of drug-likeness (QED) is 0.490. The summed E-state index contributed by atoms with van der Waals surface area (Å²) in [5.41, 5.74) is 0. The monoisotopic (exact) mass is 171 g/mol. The molecule has 0 saturated carbocycles. The minimum atomic E-state index is -0.284. The van der Waals surface area contributed by atoms with Crippen molar-refractivity contribution in [2.45, 2.75) is 38.5 Å². The first-order valence-corrected chi connectivity index (χ1v) is 7.79. The molecule has 0 N–H and O–H groups in total. The molecule has 0 aromatic heterocycles. The molecule has 0 aromatic carbocycles. The van der Waals surface area contributed by atoms with Gasteiger partial charge >= 0.3 is 0 Å². The van der Waals surface area contributed by atoms with Crippen molar-refractivity contribution in [1.29, 1.82) is 0 Å². The van der Waals surface area contributed by atoms with E-state index in [1.165, 1.54) is 0 Å². The van der Waals surface area contributed by atoms with Gasteiger partial charge in [0.05, 0.1) is 24.6 Å². The van der Waals surface area contributed by atoms with Crippen molar-refractivity contribution in [2.75, 3.05) is 24.6 Å². The van der Waals surface area contributed by atoms with E-state index in [4.69, 9.17) is 0 Å². The molecule has 0 radical (unpaired) electrons. The van der Waals surface area contributed by atoms with Crippen molar-refractivity contribution in [3.8, 4) is 0 Å². The van der Waals surface area contributed by atoms with Gasteiger partial charge in [0.25, 0.3) is 0 Å². The van der Waals surface area contributed by atoms with Gasteiger partial charge in [0, 0.05) is 7.26 Å². The minimum absolute atomic E-state index is 0.284. The van der Waals surface area contributed by atoms with E-state index in [-0.39, 0.29) is 7.26 Å². The van der Waals surface area contributed by atoms with Gasteiger partial charge in [0.15, 0.2) is 0 Å². The van der Waals surface area contributed by atoms with Crippen LogP contribution in [0.25, 0.3) is 0 Å². The summed E-state index contributed by atoms with van der Waals surface area (Å²) in [6, 6.07) is 0. The van der Waals surface area contributed by atoms with Crippen LogP contribution in [0.5, 0.6) is 0 Å². The van der Waals surface area contributed by atoms with E-state index in [1.54, 1.807) is 63.2 Å². The maximum atomic E-state index is 1.67. The second-order valence-corrected chi connectivity index (χ2v) is 8.83. The summed E-state index contributed by atoms with van der Waals surface area (Å²) in [5.74, 6) is 0. The third-order valence-corrected chi connectivity index (χ3v) is 8.59. The average molecular weight is 171 g/mol. The SMILES string of the molecule is C1CC[P+]2(CC1)CCCCC2. The molecule has 2 aliphatic heterocycles. The normalized spacial score (nSPS) is 30.5. The highest BCUT2D eigenvalue weighted by molar-refractivity contribution is 7.76. The Morgan fingerprint density at radius 3 is 1.18 bits per heavy atom. The van der Waals surface area contributed by atoms with Crippen molar-refractivity contribution in [1.82, 2.24) is 0 Å². The molecule has 2 rings (SSSR count). The molecule has 64 valence electrons. The lowest BCUT2D eigenvalue weighted by atomic mass is 10.2. The summed E-state index contributed by atoms with van der Waals surface area (Å²) in [4.78, 5) is 0. The second kappa shape index (κ2) is 3.44. The Morgan fingerprint density at radius 1 is 0.455 bits per heavy atom. The van der Waals surface area contributed by atoms with Gasteiger partial charge in [-0.15, -0.1) is 0 Å². The lowest BCUT2D eigenvalue weighted by Crippen LogP contribution is -2.19. The molecule has 0 aliphatic carbocycles. The molecule has 0 amide bonds. The first-order valence-electron chi connectivity index (χ1n) is 5.26. The molecule has 2 fully saturated rings. The van der Waals surface area contributed by atoms with Crippen LogP contribution in [0.15, 0.2) is 0 Å². The summed E-state index contributed by atoms with van der Waals surface area (Å²) in [6.07, 6.45) is 16.1. The van der Waals surface area contributed by atoms with Gasteiger partial charge in [-0.05, 0) is 38.5 Å². The van der Waals surface area contributed by atoms with Crippen LogP contribution in [0.4, 0.5) is 0 Å². The van der Waals surface area contributed by atoms with Gasteiger partial charge < -0.3 is 0 Å². The molecule has 0 nitrogen and oxygen atoms in total. The van der Waals surface area contributed by atoms with E-state index in [0.29, 0.717) is 0 Å². The second-order valence-electron chi connectivity index (χ2n) is 4.36. The first-order chi connectivity index (χ1) is 5.41. The van der Waals surface area contributed by atoms with Gasteiger partial charge in [-0.2, -0.15) is 0 Å². The molecule has 0 bridgehead atoms. The highest BCUT2D eigenvalue weighted by atomic mass is 31.2. The standard InChI is InChI=1S/C10H20P/c1-3-7-11(8-4-1)9-5-2-6-10-11/h1-10H2/q+1. The van der Waals surface area contributed by atoms with Crippen LogP contribution in [0.2, 0.25) is 0 Å². The van der Waals surface area contributed by atoms with Crippen LogP contribution >= 0.6 is 7.26 Å². The molecule has 2 heterocycles. The summed E-state index contributed by atoms with van der Waals surface area (Å²) in [7, 11) is -0.284. The highest BCUT2D eigenvalue weighted by Gasteiger charge is 2.39. The fourth-order valence-corrected chi connectivity index (χ4v) is 7.73. The number of hydrogen-bond acceptors (Lipinski definition) is 0. The molecule has 2 saturated heterocycles. The van der Waals surface area contributed by atoms with E-state index >= 15 is 0 Å². The van der Waals surface area contributed by atoms with E-state index in [2.05, 4.69) is 0 Å². The van der Waals surface area contributed by atoms with E-state index in [9.17, 15) is 0 Å². The van der Waals surface area contributed by atoms with Crippen LogP contribution < -0.4 is 0 Å². The van der Waals surface area contributed by atoms with Crippen LogP contribution in [0, 0.1) is 0 Å². The zero-order valence-electron chi connectivity index (χ0n) is 7.52.